The largest absolute Gasteiger partial charge is 0.444 e. The molecular formula is C10H9N5O4. The molecule has 9 heteroatoms. The maximum atomic E-state index is 11.0. The summed E-state index contributed by atoms with van der Waals surface area (Å²) in [6, 6.07) is 6.67. The van der Waals surface area contributed by atoms with Crippen LogP contribution in [-0.2, 0) is 0 Å². The van der Waals surface area contributed by atoms with Gasteiger partial charge in [-0.3, -0.25) is 0 Å². The minimum absolute atomic E-state index is 0.369. The zero-order valence-electron chi connectivity index (χ0n) is 9.81. The summed E-state index contributed by atoms with van der Waals surface area (Å²) in [5.41, 5.74) is 5.92. The fraction of sp³-hybridized carbons (Fsp3) is 0.100. The molecule has 0 radical (unpaired) electrons. The molecule has 0 atom stereocenters. The van der Waals surface area contributed by atoms with Gasteiger partial charge in [-0.15, -0.1) is 0 Å². The molecule has 0 saturated heterocycles. The van der Waals surface area contributed by atoms with Crippen LogP contribution in [0.4, 0.5) is 17.3 Å². The Kier molecular flexibility index (Phi) is 2.87. The van der Waals surface area contributed by atoms with Gasteiger partial charge in [-0.25, -0.2) is 0 Å². The van der Waals surface area contributed by atoms with Crippen molar-refractivity contribution < 1.29 is 9.85 Å². The Morgan fingerprint density at radius 2 is 1.84 bits per heavy atom. The van der Waals surface area contributed by atoms with Gasteiger partial charge in [0.05, 0.1) is 0 Å². The van der Waals surface area contributed by atoms with Crippen LogP contribution in [-0.4, -0.2) is 19.6 Å². The lowest BCUT2D eigenvalue weighted by atomic mass is 10.2. The highest BCUT2D eigenvalue weighted by molar-refractivity contribution is 5.68. The second-order valence-corrected chi connectivity index (χ2v) is 3.77. The van der Waals surface area contributed by atoms with E-state index in [1.165, 1.54) is 0 Å². The number of para-hydroxylation sites is 1. The molecule has 9 nitrogen and oxygen atoms in total. The number of nitrogens with two attached hydrogens (primary N) is 1. The zero-order chi connectivity index (χ0) is 14.2. The number of nitrogens with zero attached hydrogens (tertiary/aromatic N) is 4. The molecule has 1 heterocycles. The van der Waals surface area contributed by atoms with Gasteiger partial charge in [0.1, 0.15) is 0 Å². The lowest BCUT2D eigenvalue weighted by Gasteiger charge is -1.98. The molecule has 1 aromatic carbocycles. The number of aromatic nitrogens is 2. The summed E-state index contributed by atoms with van der Waals surface area (Å²) in [4.78, 5) is 20.1. The maximum Gasteiger partial charge on any atom is 0.444 e. The molecule has 19 heavy (non-hydrogen) atoms. The van der Waals surface area contributed by atoms with Gasteiger partial charge in [0, 0.05) is 10.2 Å². The maximum absolute atomic E-state index is 11.0. The molecule has 0 spiro atoms. The van der Waals surface area contributed by atoms with Gasteiger partial charge in [0.2, 0.25) is 5.69 Å². The van der Waals surface area contributed by atoms with Crippen LogP contribution in [0, 0.1) is 27.2 Å². The van der Waals surface area contributed by atoms with Crippen LogP contribution >= 0.6 is 0 Å². The molecule has 0 aliphatic carbocycles. The van der Waals surface area contributed by atoms with Gasteiger partial charge in [-0.2, -0.15) is 0 Å². The van der Waals surface area contributed by atoms with Crippen molar-refractivity contribution in [1.29, 1.82) is 0 Å². The van der Waals surface area contributed by atoms with Crippen molar-refractivity contribution in [1.82, 2.24) is 9.78 Å². The Balaban J connectivity index is 2.77. The molecule has 98 valence electrons. The van der Waals surface area contributed by atoms with Crippen molar-refractivity contribution in [3.63, 3.8) is 0 Å². The molecule has 0 bridgehead atoms. The first kappa shape index (κ1) is 12.5. The normalized spacial score (nSPS) is 10.4. The van der Waals surface area contributed by atoms with Crippen LogP contribution in [0.5, 0.6) is 0 Å². The van der Waals surface area contributed by atoms with Crippen LogP contribution < -0.4 is 5.73 Å². The molecule has 0 aliphatic rings. The van der Waals surface area contributed by atoms with Crippen molar-refractivity contribution in [2.75, 3.05) is 5.73 Å². The highest BCUT2D eigenvalue weighted by Gasteiger charge is 2.36. The third-order valence-electron chi connectivity index (χ3n) is 2.57. The predicted octanol–water partition coefficient (Wildman–Crippen LogP) is 1.58. The summed E-state index contributed by atoms with van der Waals surface area (Å²) >= 11 is 0. The van der Waals surface area contributed by atoms with Gasteiger partial charge >= 0.3 is 11.6 Å². The van der Waals surface area contributed by atoms with E-state index in [-0.39, 0.29) is 0 Å². The summed E-state index contributed by atoms with van der Waals surface area (Å²) in [5, 5.41) is 25.4. The van der Waals surface area contributed by atoms with Crippen LogP contribution in [0.15, 0.2) is 24.3 Å². The SMILES string of the molecule is Cc1ccccc1-n1nc([N+](=O)[O-])c(N)c1[N+](=O)[O-]. The number of rotatable bonds is 3. The van der Waals surface area contributed by atoms with Crippen molar-refractivity contribution in [2.45, 2.75) is 6.92 Å². The van der Waals surface area contributed by atoms with Gasteiger partial charge in [-0.05, 0) is 22.8 Å². The lowest BCUT2D eigenvalue weighted by Crippen LogP contribution is -2.04. The molecule has 2 N–H and O–H groups in total. The third-order valence-corrected chi connectivity index (χ3v) is 2.57. The third kappa shape index (κ3) is 1.97. The number of aryl methyl sites for hydroxylation is 1. The van der Waals surface area contributed by atoms with Gasteiger partial charge in [-0.1, -0.05) is 18.2 Å². The van der Waals surface area contributed by atoms with Crippen LogP contribution in [0.25, 0.3) is 5.69 Å². The Morgan fingerprint density at radius 1 is 1.21 bits per heavy atom. The number of hydrogen-bond donors (Lipinski definition) is 1. The van der Waals surface area contributed by atoms with E-state index in [1.807, 2.05) is 0 Å². The molecule has 2 rings (SSSR count). The van der Waals surface area contributed by atoms with E-state index in [9.17, 15) is 20.2 Å². The van der Waals surface area contributed by atoms with E-state index in [1.54, 1.807) is 31.2 Å². The van der Waals surface area contributed by atoms with Crippen molar-refractivity contribution in [3.05, 3.63) is 50.1 Å². The van der Waals surface area contributed by atoms with Crippen LogP contribution in [0.1, 0.15) is 5.56 Å². The molecule has 2 aromatic rings. The van der Waals surface area contributed by atoms with Crippen LogP contribution in [0.2, 0.25) is 0 Å². The van der Waals surface area contributed by atoms with Gasteiger partial charge in [0.25, 0.3) is 0 Å². The smallest absolute Gasteiger partial charge is 0.385 e. The van der Waals surface area contributed by atoms with E-state index < -0.39 is 27.2 Å². The van der Waals surface area contributed by atoms with Crippen molar-refractivity contribution >= 4 is 17.3 Å². The monoisotopic (exact) mass is 263 g/mol. The number of benzene rings is 1. The molecule has 0 saturated carbocycles. The molecular weight excluding hydrogens is 254 g/mol. The fourth-order valence-electron chi connectivity index (χ4n) is 1.69. The first-order chi connectivity index (χ1) is 8.93. The van der Waals surface area contributed by atoms with Crippen LogP contribution in [0.3, 0.4) is 0 Å². The van der Waals surface area contributed by atoms with E-state index in [0.717, 1.165) is 4.68 Å². The first-order valence-electron chi connectivity index (χ1n) is 5.16. The molecule has 0 fully saturated rings. The Labute approximate surface area is 106 Å². The second kappa shape index (κ2) is 4.37. The van der Waals surface area contributed by atoms with E-state index >= 15 is 0 Å². The summed E-state index contributed by atoms with van der Waals surface area (Å²) in [6.45, 7) is 1.71. The molecule has 1 aromatic heterocycles. The Hall–Kier alpha value is -2.97. The number of hydrogen-bond acceptors (Lipinski definition) is 6. The van der Waals surface area contributed by atoms with E-state index in [0.29, 0.717) is 11.3 Å². The molecule has 0 amide bonds. The van der Waals surface area contributed by atoms with Crippen molar-refractivity contribution in [3.8, 4) is 5.69 Å². The van der Waals surface area contributed by atoms with Gasteiger partial charge in [0.15, 0.2) is 10.8 Å². The highest BCUT2D eigenvalue weighted by Crippen LogP contribution is 2.33. The molecule has 0 aliphatic heterocycles. The minimum atomic E-state index is -0.850. The summed E-state index contributed by atoms with van der Waals surface area (Å²) in [7, 11) is 0. The standard InChI is InChI=1S/C10H9N5O4/c1-6-4-2-3-5-7(6)13-10(15(18)19)8(11)9(12-13)14(16)17/h2-5H,11H2,1H3. The predicted molar refractivity (Wildman–Crippen MR) is 66.0 cm³/mol. The average molecular weight is 263 g/mol. The summed E-state index contributed by atoms with van der Waals surface area (Å²) < 4.78 is 0.878. The van der Waals surface area contributed by atoms with Gasteiger partial charge < -0.3 is 26.0 Å². The average Bonchev–Trinajstić information content (AvgIpc) is 2.67. The van der Waals surface area contributed by atoms with E-state index in [4.69, 9.17) is 5.73 Å². The first-order valence-corrected chi connectivity index (χ1v) is 5.16. The number of nitrogen functional groups attached to an aromatic ring is 1. The van der Waals surface area contributed by atoms with E-state index in [2.05, 4.69) is 5.10 Å². The summed E-state index contributed by atoms with van der Waals surface area (Å²) in [5.74, 6) is -1.34. The zero-order valence-corrected chi connectivity index (χ0v) is 9.81. The Bertz CT molecular complexity index is 679. The minimum Gasteiger partial charge on any atom is -0.385 e. The number of anilines is 1. The fourth-order valence-corrected chi connectivity index (χ4v) is 1.69. The topological polar surface area (TPSA) is 130 Å². The Morgan fingerprint density at radius 3 is 2.37 bits per heavy atom. The van der Waals surface area contributed by atoms with Crippen molar-refractivity contribution in [2.24, 2.45) is 0 Å². The lowest BCUT2D eigenvalue weighted by molar-refractivity contribution is -0.392. The quantitative estimate of drug-likeness (QED) is 0.660. The molecule has 0 unspecified atom stereocenters. The summed E-state index contributed by atoms with van der Waals surface area (Å²) in [6.07, 6.45) is 0. The highest BCUT2D eigenvalue weighted by atomic mass is 16.6. The second-order valence-electron chi connectivity index (χ2n) is 3.77. The number of nitro groups is 2.